The van der Waals surface area contributed by atoms with E-state index in [0.717, 1.165) is 62.8 Å². The molecule has 1 saturated heterocycles. The Morgan fingerprint density at radius 1 is 1.00 bits per heavy atom. The van der Waals surface area contributed by atoms with E-state index in [2.05, 4.69) is 22.2 Å². The molecule has 4 N–H and O–H groups in total. The molecule has 3 aromatic carbocycles. The van der Waals surface area contributed by atoms with Crippen molar-refractivity contribution in [1.29, 1.82) is 0 Å². The molecule has 1 aliphatic rings. The van der Waals surface area contributed by atoms with Gasteiger partial charge in [0.25, 0.3) is 5.91 Å². The van der Waals surface area contributed by atoms with Gasteiger partial charge >= 0.3 is 0 Å². The number of nitrogens with one attached hydrogen (secondary N) is 2. The molecule has 0 atom stereocenters. The lowest BCUT2D eigenvalue weighted by Gasteiger charge is -2.32. The predicted molar refractivity (Wildman–Crippen MR) is 147 cm³/mol. The molecule has 2 heterocycles. The van der Waals surface area contributed by atoms with Crippen molar-refractivity contribution in [3.63, 3.8) is 0 Å². The Morgan fingerprint density at radius 3 is 2.46 bits per heavy atom. The molecule has 190 valence electrons. The summed E-state index contributed by atoms with van der Waals surface area (Å²) in [5.41, 5.74) is 12.3. The van der Waals surface area contributed by atoms with Crippen molar-refractivity contribution in [2.45, 2.75) is 20.3 Å². The van der Waals surface area contributed by atoms with Gasteiger partial charge in [0, 0.05) is 60.6 Å². The summed E-state index contributed by atoms with van der Waals surface area (Å²) in [5, 5.41) is 4.81. The number of aromatic nitrogens is 1. The zero-order valence-corrected chi connectivity index (χ0v) is 21.4. The van der Waals surface area contributed by atoms with Gasteiger partial charge in [-0.25, -0.2) is 0 Å². The quantitative estimate of drug-likeness (QED) is 0.391. The van der Waals surface area contributed by atoms with Gasteiger partial charge in [-0.05, 0) is 54.4 Å². The van der Waals surface area contributed by atoms with Crippen LogP contribution in [0, 0.1) is 6.92 Å². The molecule has 0 radical (unpaired) electrons. The van der Waals surface area contributed by atoms with Crippen molar-refractivity contribution >= 4 is 45.2 Å². The molecule has 5 rings (SSSR count). The van der Waals surface area contributed by atoms with Gasteiger partial charge in [0.05, 0.1) is 11.9 Å². The summed E-state index contributed by atoms with van der Waals surface area (Å²) < 4.78 is 0. The van der Waals surface area contributed by atoms with Crippen LogP contribution in [-0.4, -0.2) is 65.7 Å². The van der Waals surface area contributed by atoms with E-state index < -0.39 is 5.91 Å². The number of fused-ring (bicyclic) bond motifs is 3. The lowest BCUT2D eigenvalue weighted by atomic mass is 9.92. The molecule has 0 aliphatic carbocycles. The third kappa shape index (κ3) is 4.68. The van der Waals surface area contributed by atoms with Crippen molar-refractivity contribution in [2.75, 3.05) is 38.5 Å². The molecule has 0 saturated carbocycles. The summed E-state index contributed by atoms with van der Waals surface area (Å²) in [5.74, 6) is -0.528. The van der Waals surface area contributed by atoms with E-state index in [1.807, 2.05) is 60.4 Å². The molecule has 0 bridgehead atoms. The van der Waals surface area contributed by atoms with Gasteiger partial charge < -0.3 is 25.8 Å². The van der Waals surface area contributed by atoms with Gasteiger partial charge in [-0.3, -0.25) is 14.4 Å². The number of aromatic amines is 1. The highest BCUT2D eigenvalue weighted by atomic mass is 16.2. The van der Waals surface area contributed by atoms with E-state index in [0.29, 0.717) is 18.7 Å². The number of benzene rings is 3. The van der Waals surface area contributed by atoms with Gasteiger partial charge in [0.1, 0.15) is 0 Å². The SMILES string of the molecule is CC(=O)Nc1cccc(-c2ccc(CC(N)=O)c3[nH]c4cc(C(=O)N5CCN(C)CC5)ccc4c23)c1C. The first-order chi connectivity index (χ1) is 17.7. The van der Waals surface area contributed by atoms with Crippen molar-refractivity contribution in [2.24, 2.45) is 5.73 Å². The highest BCUT2D eigenvalue weighted by Gasteiger charge is 2.22. The third-order valence-corrected chi connectivity index (χ3v) is 7.18. The number of nitrogens with two attached hydrogens (primary N) is 1. The molecular formula is C29H31N5O3. The Labute approximate surface area is 215 Å². The average Bonchev–Trinajstić information content (AvgIpc) is 3.25. The molecule has 1 aliphatic heterocycles. The minimum absolute atomic E-state index is 0.0186. The monoisotopic (exact) mass is 497 g/mol. The molecule has 1 aromatic heterocycles. The van der Waals surface area contributed by atoms with Crippen LogP contribution in [0.3, 0.4) is 0 Å². The number of carbonyl (C=O) groups is 3. The molecular weight excluding hydrogens is 466 g/mol. The standard InChI is InChI=1S/C29H31N5O3/c1-17-21(5-4-6-24(17)31-18(2)35)22-9-7-19(16-26(30)36)28-27(22)23-10-8-20(15-25(23)32-28)29(37)34-13-11-33(3)12-14-34/h4-10,15,32H,11-14,16H2,1-3H3,(H2,30,36)(H,31,35). The summed E-state index contributed by atoms with van der Waals surface area (Å²) in [6.07, 6.45) is 0.0988. The number of piperazine rings is 1. The van der Waals surface area contributed by atoms with Crippen LogP contribution in [0.15, 0.2) is 48.5 Å². The van der Waals surface area contributed by atoms with E-state index in [4.69, 9.17) is 5.73 Å². The largest absolute Gasteiger partial charge is 0.369 e. The van der Waals surface area contributed by atoms with Crippen molar-refractivity contribution in [3.05, 3.63) is 65.2 Å². The Kier molecular flexibility index (Phi) is 6.43. The van der Waals surface area contributed by atoms with Crippen LogP contribution >= 0.6 is 0 Å². The smallest absolute Gasteiger partial charge is 0.254 e. The predicted octanol–water partition coefficient (Wildman–Crippen LogP) is 3.67. The second kappa shape index (κ2) is 9.71. The molecule has 0 spiro atoms. The minimum Gasteiger partial charge on any atom is -0.369 e. The molecule has 8 nitrogen and oxygen atoms in total. The summed E-state index contributed by atoms with van der Waals surface area (Å²) >= 11 is 0. The van der Waals surface area contributed by atoms with Crippen molar-refractivity contribution in [1.82, 2.24) is 14.8 Å². The van der Waals surface area contributed by atoms with Gasteiger partial charge in [-0.2, -0.15) is 0 Å². The average molecular weight is 498 g/mol. The fourth-order valence-electron chi connectivity index (χ4n) is 5.21. The number of anilines is 1. The Bertz CT molecular complexity index is 1550. The Hall–Kier alpha value is -4.17. The van der Waals surface area contributed by atoms with Crippen LogP contribution in [0.25, 0.3) is 32.9 Å². The molecule has 37 heavy (non-hydrogen) atoms. The molecule has 1 fully saturated rings. The zero-order valence-electron chi connectivity index (χ0n) is 21.4. The van der Waals surface area contributed by atoms with Crippen LogP contribution in [0.2, 0.25) is 0 Å². The van der Waals surface area contributed by atoms with E-state index in [-0.39, 0.29) is 18.2 Å². The van der Waals surface area contributed by atoms with Crippen LogP contribution in [0.4, 0.5) is 5.69 Å². The number of hydrogen-bond acceptors (Lipinski definition) is 4. The maximum Gasteiger partial charge on any atom is 0.254 e. The van der Waals surface area contributed by atoms with E-state index in [1.165, 1.54) is 6.92 Å². The second-order valence-electron chi connectivity index (χ2n) is 9.81. The number of likely N-dealkylation sites (N-methyl/N-ethyl adjacent to an activating group) is 1. The third-order valence-electron chi connectivity index (χ3n) is 7.18. The maximum absolute atomic E-state index is 13.2. The van der Waals surface area contributed by atoms with Crippen LogP contribution < -0.4 is 11.1 Å². The number of carbonyl (C=O) groups excluding carboxylic acids is 3. The number of primary amides is 1. The van der Waals surface area contributed by atoms with Crippen LogP contribution in [0.1, 0.15) is 28.4 Å². The minimum atomic E-state index is -0.414. The van der Waals surface area contributed by atoms with Crippen molar-refractivity contribution in [3.8, 4) is 11.1 Å². The van der Waals surface area contributed by atoms with E-state index in [9.17, 15) is 14.4 Å². The maximum atomic E-state index is 13.2. The van der Waals surface area contributed by atoms with Crippen LogP contribution in [-0.2, 0) is 16.0 Å². The summed E-state index contributed by atoms with van der Waals surface area (Å²) in [7, 11) is 2.06. The zero-order chi connectivity index (χ0) is 26.3. The number of hydrogen-bond donors (Lipinski definition) is 3. The number of rotatable bonds is 5. The fourth-order valence-corrected chi connectivity index (χ4v) is 5.21. The normalized spacial score (nSPS) is 14.3. The molecule has 3 amide bonds. The first-order valence-electron chi connectivity index (χ1n) is 12.4. The molecule has 8 heteroatoms. The first-order valence-corrected chi connectivity index (χ1v) is 12.4. The second-order valence-corrected chi connectivity index (χ2v) is 9.81. The van der Waals surface area contributed by atoms with Crippen LogP contribution in [0.5, 0.6) is 0 Å². The fraction of sp³-hybridized carbons (Fsp3) is 0.276. The van der Waals surface area contributed by atoms with Gasteiger partial charge in [0.15, 0.2) is 0 Å². The summed E-state index contributed by atoms with van der Waals surface area (Å²) in [6, 6.07) is 15.5. The number of nitrogens with zero attached hydrogens (tertiary/aromatic N) is 2. The molecule has 0 unspecified atom stereocenters. The first kappa shape index (κ1) is 24.5. The Balaban J connectivity index is 1.67. The number of amides is 3. The van der Waals surface area contributed by atoms with Gasteiger partial charge in [-0.1, -0.05) is 30.3 Å². The highest BCUT2D eigenvalue weighted by molar-refractivity contribution is 6.17. The summed E-state index contributed by atoms with van der Waals surface area (Å²) in [4.78, 5) is 44.4. The van der Waals surface area contributed by atoms with Gasteiger partial charge in [0.2, 0.25) is 11.8 Å². The van der Waals surface area contributed by atoms with Crippen molar-refractivity contribution < 1.29 is 14.4 Å². The Morgan fingerprint density at radius 2 is 1.76 bits per heavy atom. The summed E-state index contributed by atoms with van der Waals surface area (Å²) in [6.45, 7) is 6.59. The lowest BCUT2D eigenvalue weighted by molar-refractivity contribution is -0.117. The lowest BCUT2D eigenvalue weighted by Crippen LogP contribution is -2.47. The highest BCUT2D eigenvalue weighted by Crippen LogP contribution is 2.39. The number of H-pyrrole nitrogens is 1. The van der Waals surface area contributed by atoms with Gasteiger partial charge in [-0.15, -0.1) is 0 Å². The van der Waals surface area contributed by atoms with E-state index in [1.54, 1.807) is 0 Å². The molecule has 4 aromatic rings. The topological polar surface area (TPSA) is 112 Å². The van der Waals surface area contributed by atoms with E-state index >= 15 is 0 Å².